The molecule has 110 valence electrons. The SMILES string of the molecule is CCCNc1cnc(C(=O)N2C(C)CCC2CC)cn1. The van der Waals surface area contributed by atoms with Crippen LogP contribution in [0.3, 0.4) is 0 Å². The molecule has 2 rings (SSSR count). The van der Waals surface area contributed by atoms with Crippen LogP contribution in [-0.2, 0) is 0 Å². The van der Waals surface area contributed by atoms with Crippen LogP contribution >= 0.6 is 0 Å². The Morgan fingerprint density at radius 3 is 2.75 bits per heavy atom. The summed E-state index contributed by atoms with van der Waals surface area (Å²) in [5, 5.41) is 3.16. The Balaban J connectivity index is 2.08. The standard InChI is InChI=1S/C15H24N4O/c1-4-8-16-14-10-17-13(9-18-14)15(20)19-11(3)6-7-12(19)5-2/h9-12H,4-8H2,1-3H3,(H,16,18). The van der Waals surface area contributed by atoms with Crippen LogP contribution in [-0.4, -0.2) is 39.4 Å². The first-order valence-electron chi connectivity index (χ1n) is 7.55. The van der Waals surface area contributed by atoms with Gasteiger partial charge in [-0.2, -0.15) is 0 Å². The Morgan fingerprint density at radius 2 is 2.15 bits per heavy atom. The Hall–Kier alpha value is -1.65. The van der Waals surface area contributed by atoms with Crippen LogP contribution in [0.15, 0.2) is 12.4 Å². The van der Waals surface area contributed by atoms with Gasteiger partial charge in [0, 0.05) is 18.6 Å². The summed E-state index contributed by atoms with van der Waals surface area (Å²) < 4.78 is 0. The van der Waals surface area contributed by atoms with Crippen molar-refractivity contribution in [3.8, 4) is 0 Å². The molecule has 20 heavy (non-hydrogen) atoms. The smallest absolute Gasteiger partial charge is 0.274 e. The first-order valence-corrected chi connectivity index (χ1v) is 7.55. The van der Waals surface area contributed by atoms with Crippen LogP contribution in [0, 0.1) is 0 Å². The number of carbonyl (C=O) groups excluding carboxylic acids is 1. The van der Waals surface area contributed by atoms with E-state index in [1.54, 1.807) is 12.4 Å². The van der Waals surface area contributed by atoms with E-state index in [9.17, 15) is 4.79 Å². The van der Waals surface area contributed by atoms with Gasteiger partial charge in [-0.25, -0.2) is 9.97 Å². The Kier molecular flexibility index (Phi) is 4.93. The maximum absolute atomic E-state index is 12.6. The summed E-state index contributed by atoms with van der Waals surface area (Å²) in [7, 11) is 0. The highest BCUT2D eigenvalue weighted by Gasteiger charge is 2.34. The molecule has 0 saturated carbocycles. The molecule has 5 nitrogen and oxygen atoms in total. The highest BCUT2D eigenvalue weighted by atomic mass is 16.2. The summed E-state index contributed by atoms with van der Waals surface area (Å²) in [5.41, 5.74) is 0.444. The number of hydrogen-bond donors (Lipinski definition) is 1. The fourth-order valence-corrected chi connectivity index (χ4v) is 2.75. The van der Waals surface area contributed by atoms with E-state index in [1.807, 2.05) is 4.90 Å². The van der Waals surface area contributed by atoms with Gasteiger partial charge in [0.15, 0.2) is 0 Å². The summed E-state index contributed by atoms with van der Waals surface area (Å²) in [6.45, 7) is 7.20. The zero-order valence-corrected chi connectivity index (χ0v) is 12.6. The molecule has 0 radical (unpaired) electrons. The van der Waals surface area contributed by atoms with Crippen LogP contribution in [0.25, 0.3) is 0 Å². The molecule has 1 aliphatic rings. The van der Waals surface area contributed by atoms with Crippen LogP contribution in [0.4, 0.5) is 5.82 Å². The van der Waals surface area contributed by atoms with E-state index < -0.39 is 0 Å². The van der Waals surface area contributed by atoms with Crippen LogP contribution < -0.4 is 5.32 Å². The lowest BCUT2D eigenvalue weighted by molar-refractivity contribution is 0.0670. The minimum absolute atomic E-state index is 0.0105. The quantitative estimate of drug-likeness (QED) is 0.898. The first kappa shape index (κ1) is 14.8. The van der Waals surface area contributed by atoms with Crippen molar-refractivity contribution in [3.63, 3.8) is 0 Å². The summed E-state index contributed by atoms with van der Waals surface area (Å²) >= 11 is 0. The van der Waals surface area contributed by atoms with E-state index in [1.165, 1.54) is 0 Å². The van der Waals surface area contributed by atoms with Gasteiger partial charge in [-0.05, 0) is 32.6 Å². The second kappa shape index (κ2) is 6.68. The molecule has 2 unspecified atom stereocenters. The fraction of sp³-hybridized carbons (Fsp3) is 0.667. The molecule has 1 aliphatic heterocycles. The molecule has 5 heteroatoms. The van der Waals surface area contributed by atoms with E-state index in [-0.39, 0.29) is 5.91 Å². The number of likely N-dealkylation sites (tertiary alicyclic amines) is 1. The van der Waals surface area contributed by atoms with Crippen molar-refractivity contribution in [2.75, 3.05) is 11.9 Å². The van der Waals surface area contributed by atoms with Gasteiger partial charge >= 0.3 is 0 Å². The van der Waals surface area contributed by atoms with Gasteiger partial charge in [-0.3, -0.25) is 4.79 Å². The predicted molar refractivity (Wildman–Crippen MR) is 79.8 cm³/mol. The molecule has 0 bridgehead atoms. The second-order valence-electron chi connectivity index (χ2n) is 5.41. The Bertz CT molecular complexity index is 446. The van der Waals surface area contributed by atoms with Crippen molar-refractivity contribution in [3.05, 3.63) is 18.1 Å². The lowest BCUT2D eigenvalue weighted by Gasteiger charge is -2.27. The van der Waals surface area contributed by atoms with Gasteiger partial charge in [-0.1, -0.05) is 13.8 Å². The van der Waals surface area contributed by atoms with Gasteiger partial charge in [0.1, 0.15) is 11.5 Å². The van der Waals surface area contributed by atoms with Crippen molar-refractivity contribution in [1.29, 1.82) is 0 Å². The topological polar surface area (TPSA) is 58.1 Å². The zero-order chi connectivity index (χ0) is 14.5. The molecule has 1 aromatic heterocycles. The summed E-state index contributed by atoms with van der Waals surface area (Å²) in [4.78, 5) is 23.1. The van der Waals surface area contributed by atoms with E-state index in [0.717, 1.165) is 38.0 Å². The van der Waals surface area contributed by atoms with Crippen LogP contribution in [0.5, 0.6) is 0 Å². The molecule has 2 heterocycles. The number of nitrogens with zero attached hydrogens (tertiary/aromatic N) is 3. The normalized spacial score (nSPS) is 22.1. The van der Waals surface area contributed by atoms with Crippen molar-refractivity contribution in [2.45, 2.75) is 58.5 Å². The molecule has 2 atom stereocenters. The Morgan fingerprint density at radius 1 is 1.35 bits per heavy atom. The molecule has 0 aliphatic carbocycles. The molecule has 0 aromatic carbocycles. The molecule has 1 aromatic rings. The monoisotopic (exact) mass is 276 g/mol. The maximum Gasteiger partial charge on any atom is 0.274 e. The lowest BCUT2D eigenvalue weighted by Crippen LogP contribution is -2.40. The number of aromatic nitrogens is 2. The van der Waals surface area contributed by atoms with E-state index in [2.05, 4.69) is 36.1 Å². The number of carbonyl (C=O) groups is 1. The van der Waals surface area contributed by atoms with Gasteiger partial charge < -0.3 is 10.2 Å². The van der Waals surface area contributed by atoms with Crippen LogP contribution in [0.2, 0.25) is 0 Å². The van der Waals surface area contributed by atoms with Gasteiger partial charge in [0.25, 0.3) is 5.91 Å². The third-order valence-corrected chi connectivity index (χ3v) is 3.92. The van der Waals surface area contributed by atoms with Crippen molar-refractivity contribution >= 4 is 11.7 Å². The molecule has 1 N–H and O–H groups in total. The predicted octanol–water partition coefficient (Wildman–Crippen LogP) is 2.70. The van der Waals surface area contributed by atoms with Crippen molar-refractivity contribution < 1.29 is 4.79 Å². The number of rotatable bonds is 5. The third kappa shape index (κ3) is 3.08. The zero-order valence-electron chi connectivity index (χ0n) is 12.6. The first-order chi connectivity index (χ1) is 9.67. The van der Waals surface area contributed by atoms with E-state index >= 15 is 0 Å². The number of anilines is 1. The molecule has 1 amide bonds. The Labute approximate surface area is 120 Å². The molecule has 1 fully saturated rings. The van der Waals surface area contributed by atoms with Crippen molar-refractivity contribution in [2.24, 2.45) is 0 Å². The number of amides is 1. The number of hydrogen-bond acceptors (Lipinski definition) is 4. The number of nitrogens with one attached hydrogen (secondary N) is 1. The maximum atomic E-state index is 12.6. The lowest BCUT2D eigenvalue weighted by atomic mass is 10.1. The largest absolute Gasteiger partial charge is 0.369 e. The third-order valence-electron chi connectivity index (χ3n) is 3.92. The molecule has 0 spiro atoms. The minimum Gasteiger partial charge on any atom is -0.369 e. The minimum atomic E-state index is 0.0105. The highest BCUT2D eigenvalue weighted by molar-refractivity contribution is 5.92. The molecule has 1 saturated heterocycles. The summed E-state index contributed by atoms with van der Waals surface area (Å²) in [6, 6.07) is 0.643. The van der Waals surface area contributed by atoms with Gasteiger partial charge in [-0.15, -0.1) is 0 Å². The average molecular weight is 276 g/mol. The van der Waals surface area contributed by atoms with Gasteiger partial charge in [0.2, 0.25) is 0 Å². The molecular formula is C15H24N4O. The van der Waals surface area contributed by atoms with Crippen LogP contribution in [0.1, 0.15) is 56.9 Å². The highest BCUT2D eigenvalue weighted by Crippen LogP contribution is 2.27. The average Bonchev–Trinajstić information content (AvgIpc) is 2.86. The van der Waals surface area contributed by atoms with Crippen molar-refractivity contribution in [1.82, 2.24) is 14.9 Å². The van der Waals surface area contributed by atoms with E-state index in [0.29, 0.717) is 17.8 Å². The summed E-state index contributed by atoms with van der Waals surface area (Å²) in [6.07, 6.45) is 7.43. The van der Waals surface area contributed by atoms with Gasteiger partial charge in [0.05, 0.1) is 12.4 Å². The fourth-order valence-electron chi connectivity index (χ4n) is 2.75. The molecular weight excluding hydrogens is 252 g/mol. The second-order valence-corrected chi connectivity index (χ2v) is 5.41. The van der Waals surface area contributed by atoms with E-state index in [4.69, 9.17) is 0 Å². The summed E-state index contributed by atoms with van der Waals surface area (Å²) in [5.74, 6) is 0.737.